The third-order valence-electron chi connectivity index (χ3n) is 2.43. The quantitative estimate of drug-likeness (QED) is 0.778. The number of benzene rings is 1. The van der Waals surface area contributed by atoms with Crippen molar-refractivity contribution in [3.8, 4) is 11.1 Å². The average molecular weight is 233 g/mol. The molecule has 16 heavy (non-hydrogen) atoms. The first-order valence-electron chi connectivity index (χ1n) is 5.33. The minimum absolute atomic E-state index is 0.187. The van der Waals surface area contributed by atoms with E-state index in [2.05, 4.69) is 46.4 Å². The molecule has 0 amide bonds. The Morgan fingerprint density at radius 2 is 1.88 bits per heavy atom. The van der Waals surface area contributed by atoms with Gasteiger partial charge >= 0.3 is 0 Å². The maximum Gasteiger partial charge on any atom is 0.0556 e. The standard InChI is InChI=1S/C13H15NOS/c15-7-6-14-9-11-1-3-12(4-2-11)13-5-8-16-10-13/h1-5,8,10,14-15H,6-7,9H2. The number of aliphatic hydroxyl groups is 1. The van der Waals surface area contributed by atoms with Crippen molar-refractivity contribution >= 4 is 11.3 Å². The molecule has 2 nitrogen and oxygen atoms in total. The summed E-state index contributed by atoms with van der Waals surface area (Å²) in [4.78, 5) is 0. The Bertz CT molecular complexity index is 408. The van der Waals surface area contributed by atoms with Gasteiger partial charge in [0.15, 0.2) is 0 Å². The van der Waals surface area contributed by atoms with E-state index in [1.807, 2.05) is 0 Å². The van der Waals surface area contributed by atoms with Crippen LogP contribution in [0.5, 0.6) is 0 Å². The summed E-state index contributed by atoms with van der Waals surface area (Å²) in [6.45, 7) is 1.64. The van der Waals surface area contributed by atoms with E-state index in [0.29, 0.717) is 6.54 Å². The fraction of sp³-hybridized carbons (Fsp3) is 0.231. The van der Waals surface area contributed by atoms with E-state index >= 15 is 0 Å². The van der Waals surface area contributed by atoms with Crippen molar-refractivity contribution in [2.45, 2.75) is 6.54 Å². The average Bonchev–Trinajstić information content (AvgIpc) is 2.84. The van der Waals surface area contributed by atoms with E-state index in [-0.39, 0.29) is 6.61 Å². The van der Waals surface area contributed by atoms with Crippen molar-refractivity contribution in [2.24, 2.45) is 0 Å². The molecule has 2 rings (SSSR count). The highest BCUT2D eigenvalue weighted by Crippen LogP contribution is 2.22. The zero-order valence-corrected chi connectivity index (χ0v) is 9.83. The van der Waals surface area contributed by atoms with Gasteiger partial charge in [-0.25, -0.2) is 0 Å². The molecule has 0 aliphatic rings. The Morgan fingerprint density at radius 3 is 2.50 bits per heavy atom. The summed E-state index contributed by atoms with van der Waals surface area (Å²) in [7, 11) is 0. The third-order valence-corrected chi connectivity index (χ3v) is 3.11. The molecule has 1 aromatic carbocycles. The Labute approximate surface area is 99.6 Å². The van der Waals surface area contributed by atoms with Crippen molar-refractivity contribution < 1.29 is 5.11 Å². The van der Waals surface area contributed by atoms with Crippen molar-refractivity contribution in [1.82, 2.24) is 5.32 Å². The molecule has 0 fully saturated rings. The molecular weight excluding hydrogens is 218 g/mol. The fourth-order valence-electron chi connectivity index (χ4n) is 1.56. The first-order chi connectivity index (χ1) is 7.90. The van der Waals surface area contributed by atoms with Crippen LogP contribution in [0.25, 0.3) is 11.1 Å². The van der Waals surface area contributed by atoms with Gasteiger partial charge in [0.25, 0.3) is 0 Å². The molecule has 0 atom stereocenters. The summed E-state index contributed by atoms with van der Waals surface area (Å²) in [5.41, 5.74) is 3.78. The van der Waals surface area contributed by atoms with E-state index in [9.17, 15) is 0 Å². The van der Waals surface area contributed by atoms with Gasteiger partial charge in [0.2, 0.25) is 0 Å². The summed E-state index contributed by atoms with van der Waals surface area (Å²) in [5, 5.41) is 16.1. The minimum atomic E-state index is 0.187. The molecule has 1 aromatic heterocycles. The molecule has 0 radical (unpaired) electrons. The Kier molecular flexibility index (Phi) is 4.10. The van der Waals surface area contributed by atoms with Crippen LogP contribution in [-0.2, 0) is 6.54 Å². The van der Waals surface area contributed by atoms with E-state index in [4.69, 9.17) is 5.11 Å². The molecule has 0 unspecified atom stereocenters. The first kappa shape index (κ1) is 11.3. The van der Waals surface area contributed by atoms with Crippen LogP contribution in [0.1, 0.15) is 5.56 Å². The lowest BCUT2D eigenvalue weighted by atomic mass is 10.1. The molecule has 2 N–H and O–H groups in total. The van der Waals surface area contributed by atoms with Crippen LogP contribution in [0.3, 0.4) is 0 Å². The molecule has 3 heteroatoms. The molecule has 84 valence electrons. The van der Waals surface area contributed by atoms with E-state index < -0.39 is 0 Å². The summed E-state index contributed by atoms with van der Waals surface area (Å²) in [6.07, 6.45) is 0. The highest BCUT2D eigenvalue weighted by atomic mass is 32.1. The van der Waals surface area contributed by atoms with Gasteiger partial charge in [0.1, 0.15) is 0 Å². The Balaban J connectivity index is 2.00. The Hall–Kier alpha value is -1.16. The number of nitrogens with one attached hydrogen (secondary N) is 1. The normalized spacial score (nSPS) is 10.6. The molecule has 1 heterocycles. The topological polar surface area (TPSA) is 32.3 Å². The van der Waals surface area contributed by atoms with Crippen LogP contribution in [0.4, 0.5) is 0 Å². The maximum absolute atomic E-state index is 8.65. The first-order valence-corrected chi connectivity index (χ1v) is 6.27. The van der Waals surface area contributed by atoms with Crippen LogP contribution >= 0.6 is 11.3 Å². The van der Waals surface area contributed by atoms with Crippen molar-refractivity contribution in [3.63, 3.8) is 0 Å². The molecule has 0 saturated carbocycles. The molecule has 2 aromatic rings. The molecule has 0 spiro atoms. The van der Waals surface area contributed by atoms with Gasteiger partial charge in [0, 0.05) is 13.1 Å². The van der Waals surface area contributed by atoms with Gasteiger partial charge in [-0.15, -0.1) is 0 Å². The number of hydrogen-bond donors (Lipinski definition) is 2. The summed E-state index contributed by atoms with van der Waals surface area (Å²) in [6, 6.07) is 10.6. The molecule has 0 saturated heterocycles. The van der Waals surface area contributed by atoms with E-state index in [1.54, 1.807) is 11.3 Å². The second-order valence-electron chi connectivity index (χ2n) is 3.61. The lowest BCUT2D eigenvalue weighted by molar-refractivity contribution is 0.292. The van der Waals surface area contributed by atoms with Gasteiger partial charge in [0.05, 0.1) is 6.61 Å². The number of hydrogen-bond acceptors (Lipinski definition) is 3. The minimum Gasteiger partial charge on any atom is -0.395 e. The predicted molar refractivity (Wildman–Crippen MR) is 68.5 cm³/mol. The largest absolute Gasteiger partial charge is 0.395 e. The van der Waals surface area contributed by atoms with Crippen LogP contribution in [-0.4, -0.2) is 18.3 Å². The van der Waals surface area contributed by atoms with Crippen LogP contribution in [0.2, 0.25) is 0 Å². The van der Waals surface area contributed by atoms with Crippen molar-refractivity contribution in [1.29, 1.82) is 0 Å². The second kappa shape index (κ2) is 5.80. The molecule has 0 aliphatic heterocycles. The van der Waals surface area contributed by atoms with Gasteiger partial charge in [-0.1, -0.05) is 24.3 Å². The lowest BCUT2D eigenvalue weighted by Gasteiger charge is -2.04. The second-order valence-corrected chi connectivity index (χ2v) is 4.39. The van der Waals surface area contributed by atoms with Crippen molar-refractivity contribution in [2.75, 3.05) is 13.2 Å². The monoisotopic (exact) mass is 233 g/mol. The highest BCUT2D eigenvalue weighted by molar-refractivity contribution is 7.08. The third kappa shape index (κ3) is 2.92. The van der Waals surface area contributed by atoms with Gasteiger partial charge in [-0.2, -0.15) is 11.3 Å². The summed E-state index contributed by atoms with van der Waals surface area (Å²) < 4.78 is 0. The predicted octanol–water partition coefficient (Wildman–Crippen LogP) is 2.50. The molecule has 0 bridgehead atoms. The number of aliphatic hydroxyl groups excluding tert-OH is 1. The van der Waals surface area contributed by atoms with Gasteiger partial charge < -0.3 is 10.4 Å². The summed E-state index contributed by atoms with van der Waals surface area (Å²) in [5.74, 6) is 0. The zero-order chi connectivity index (χ0) is 11.2. The lowest BCUT2D eigenvalue weighted by Crippen LogP contribution is -2.17. The molecular formula is C13H15NOS. The van der Waals surface area contributed by atoms with E-state index in [0.717, 1.165) is 6.54 Å². The van der Waals surface area contributed by atoms with Crippen LogP contribution < -0.4 is 5.32 Å². The van der Waals surface area contributed by atoms with Crippen LogP contribution in [0, 0.1) is 0 Å². The van der Waals surface area contributed by atoms with Gasteiger partial charge in [-0.05, 0) is 33.5 Å². The SMILES string of the molecule is OCCNCc1ccc(-c2ccsc2)cc1. The zero-order valence-electron chi connectivity index (χ0n) is 9.02. The van der Waals surface area contributed by atoms with E-state index in [1.165, 1.54) is 16.7 Å². The number of rotatable bonds is 5. The maximum atomic E-state index is 8.65. The number of thiophene rings is 1. The highest BCUT2D eigenvalue weighted by Gasteiger charge is 1.97. The van der Waals surface area contributed by atoms with Crippen molar-refractivity contribution in [3.05, 3.63) is 46.7 Å². The fourth-order valence-corrected chi connectivity index (χ4v) is 2.22. The van der Waals surface area contributed by atoms with Gasteiger partial charge in [-0.3, -0.25) is 0 Å². The van der Waals surface area contributed by atoms with Crippen LogP contribution in [0.15, 0.2) is 41.1 Å². The summed E-state index contributed by atoms with van der Waals surface area (Å²) >= 11 is 1.72. The molecule has 0 aliphatic carbocycles. The smallest absolute Gasteiger partial charge is 0.0556 e. The Morgan fingerprint density at radius 1 is 1.06 bits per heavy atom.